The average Bonchev–Trinajstić information content (AvgIpc) is 2.89. The van der Waals surface area contributed by atoms with Gasteiger partial charge in [-0.15, -0.1) is 0 Å². The number of carbonyl (C=O) groups is 2. The molecular formula is C14H24N2O3. The highest BCUT2D eigenvalue weighted by Crippen LogP contribution is 2.21. The molecule has 0 saturated carbocycles. The third-order valence-corrected chi connectivity index (χ3v) is 4.20. The van der Waals surface area contributed by atoms with Crippen LogP contribution in [-0.2, 0) is 9.59 Å². The Morgan fingerprint density at radius 2 is 1.74 bits per heavy atom. The molecule has 2 aliphatic heterocycles. The molecule has 19 heavy (non-hydrogen) atoms. The minimum Gasteiger partial charge on any atom is -0.481 e. The van der Waals surface area contributed by atoms with E-state index in [9.17, 15) is 9.59 Å². The Bertz CT molecular complexity index is 327. The van der Waals surface area contributed by atoms with Gasteiger partial charge in [0, 0.05) is 25.6 Å². The Balaban J connectivity index is 1.82. The normalized spacial score (nSPS) is 24.6. The van der Waals surface area contributed by atoms with Gasteiger partial charge in [0.2, 0.25) is 5.91 Å². The Hall–Kier alpha value is -1.10. The van der Waals surface area contributed by atoms with Crippen molar-refractivity contribution in [2.45, 2.75) is 51.0 Å². The van der Waals surface area contributed by atoms with E-state index in [-0.39, 0.29) is 18.4 Å². The van der Waals surface area contributed by atoms with E-state index >= 15 is 0 Å². The van der Waals surface area contributed by atoms with Crippen molar-refractivity contribution in [3.05, 3.63) is 0 Å². The van der Waals surface area contributed by atoms with Crippen molar-refractivity contribution in [2.75, 3.05) is 26.2 Å². The van der Waals surface area contributed by atoms with Crippen molar-refractivity contribution in [2.24, 2.45) is 0 Å². The maximum absolute atomic E-state index is 12.3. The average molecular weight is 268 g/mol. The lowest BCUT2D eigenvalue weighted by atomic mass is 9.99. The molecule has 0 spiro atoms. The Morgan fingerprint density at radius 3 is 2.42 bits per heavy atom. The van der Waals surface area contributed by atoms with Gasteiger partial charge < -0.3 is 14.9 Å². The summed E-state index contributed by atoms with van der Waals surface area (Å²) in [4.78, 5) is 27.3. The fourth-order valence-corrected chi connectivity index (χ4v) is 3.15. The summed E-state index contributed by atoms with van der Waals surface area (Å²) in [6, 6.07) is -0.0858. The summed E-state index contributed by atoms with van der Waals surface area (Å²) in [5.74, 6) is -0.665. The van der Waals surface area contributed by atoms with Crippen molar-refractivity contribution >= 4 is 11.9 Å². The number of rotatable bonds is 5. The molecule has 2 fully saturated rings. The van der Waals surface area contributed by atoms with E-state index in [2.05, 4.69) is 4.90 Å². The first-order valence-corrected chi connectivity index (χ1v) is 7.40. The van der Waals surface area contributed by atoms with E-state index in [0.29, 0.717) is 6.42 Å². The minimum absolute atomic E-state index is 0.0858. The summed E-state index contributed by atoms with van der Waals surface area (Å²) in [5, 5.41) is 8.92. The SMILES string of the molecule is O=C(O)CC1CCCCN1C(=O)CCN1CCCC1. The predicted molar refractivity (Wildman–Crippen MR) is 71.9 cm³/mol. The third kappa shape index (κ3) is 4.20. The Labute approximate surface area is 114 Å². The van der Waals surface area contributed by atoms with Gasteiger partial charge in [-0.1, -0.05) is 0 Å². The van der Waals surface area contributed by atoms with Gasteiger partial charge in [-0.25, -0.2) is 0 Å². The maximum Gasteiger partial charge on any atom is 0.305 e. The zero-order chi connectivity index (χ0) is 13.7. The molecule has 1 amide bonds. The van der Waals surface area contributed by atoms with Gasteiger partial charge in [-0.3, -0.25) is 9.59 Å². The van der Waals surface area contributed by atoms with Gasteiger partial charge >= 0.3 is 5.97 Å². The van der Waals surface area contributed by atoms with Gasteiger partial charge in [0.1, 0.15) is 0 Å². The lowest BCUT2D eigenvalue weighted by Crippen LogP contribution is -2.45. The van der Waals surface area contributed by atoms with Crippen LogP contribution in [0.4, 0.5) is 0 Å². The number of hydrogen-bond acceptors (Lipinski definition) is 3. The molecule has 2 saturated heterocycles. The molecule has 1 N–H and O–H groups in total. The first kappa shape index (κ1) is 14.3. The molecular weight excluding hydrogens is 244 g/mol. The van der Waals surface area contributed by atoms with E-state index in [1.54, 1.807) is 0 Å². The second kappa shape index (κ2) is 6.89. The zero-order valence-corrected chi connectivity index (χ0v) is 11.5. The lowest BCUT2D eigenvalue weighted by molar-refractivity contribution is -0.142. The molecule has 0 aromatic carbocycles. The van der Waals surface area contributed by atoms with E-state index < -0.39 is 5.97 Å². The summed E-state index contributed by atoms with van der Waals surface area (Å²) in [5.41, 5.74) is 0. The number of carboxylic acids is 1. The highest BCUT2D eigenvalue weighted by Gasteiger charge is 2.28. The minimum atomic E-state index is -0.802. The number of carboxylic acid groups (broad SMARTS) is 1. The fourth-order valence-electron chi connectivity index (χ4n) is 3.15. The summed E-state index contributed by atoms with van der Waals surface area (Å²) >= 11 is 0. The third-order valence-electron chi connectivity index (χ3n) is 4.20. The van der Waals surface area contributed by atoms with Crippen molar-refractivity contribution in [1.82, 2.24) is 9.80 Å². The topological polar surface area (TPSA) is 60.9 Å². The lowest BCUT2D eigenvalue weighted by Gasteiger charge is -2.35. The Morgan fingerprint density at radius 1 is 1.05 bits per heavy atom. The van der Waals surface area contributed by atoms with Crippen molar-refractivity contribution in [1.29, 1.82) is 0 Å². The molecule has 2 rings (SSSR count). The number of hydrogen-bond donors (Lipinski definition) is 1. The zero-order valence-electron chi connectivity index (χ0n) is 11.5. The largest absolute Gasteiger partial charge is 0.481 e. The van der Waals surface area contributed by atoms with Gasteiger partial charge in [-0.05, 0) is 45.2 Å². The fraction of sp³-hybridized carbons (Fsp3) is 0.857. The van der Waals surface area contributed by atoms with Crippen LogP contribution in [0, 0.1) is 0 Å². The van der Waals surface area contributed by atoms with Crippen LogP contribution in [0.3, 0.4) is 0 Å². The molecule has 0 aromatic heterocycles. The van der Waals surface area contributed by atoms with E-state index in [4.69, 9.17) is 5.11 Å². The molecule has 2 aliphatic rings. The first-order valence-electron chi connectivity index (χ1n) is 7.40. The highest BCUT2D eigenvalue weighted by atomic mass is 16.4. The standard InChI is InChI=1S/C14H24N2O3/c17-13(6-10-15-7-3-4-8-15)16-9-2-1-5-12(16)11-14(18)19/h12H,1-11H2,(H,18,19). The molecule has 0 aliphatic carbocycles. The van der Waals surface area contributed by atoms with Gasteiger partial charge in [0.25, 0.3) is 0 Å². The smallest absolute Gasteiger partial charge is 0.305 e. The van der Waals surface area contributed by atoms with E-state index in [1.165, 1.54) is 12.8 Å². The van der Waals surface area contributed by atoms with Crippen LogP contribution in [0.25, 0.3) is 0 Å². The number of carbonyl (C=O) groups excluding carboxylic acids is 1. The monoisotopic (exact) mass is 268 g/mol. The maximum atomic E-state index is 12.3. The molecule has 108 valence electrons. The molecule has 5 nitrogen and oxygen atoms in total. The number of piperidine rings is 1. The van der Waals surface area contributed by atoms with E-state index in [1.807, 2.05) is 4.90 Å². The van der Waals surface area contributed by atoms with Crippen LogP contribution in [0.15, 0.2) is 0 Å². The molecule has 0 bridgehead atoms. The number of likely N-dealkylation sites (tertiary alicyclic amines) is 2. The van der Waals surface area contributed by atoms with Crippen LogP contribution in [0.5, 0.6) is 0 Å². The van der Waals surface area contributed by atoms with Crippen LogP contribution in [0.2, 0.25) is 0 Å². The van der Waals surface area contributed by atoms with Gasteiger partial charge in [0.05, 0.1) is 6.42 Å². The number of aliphatic carboxylic acids is 1. The van der Waals surface area contributed by atoms with Gasteiger partial charge in [-0.2, -0.15) is 0 Å². The predicted octanol–water partition coefficient (Wildman–Crippen LogP) is 1.33. The van der Waals surface area contributed by atoms with Crippen molar-refractivity contribution in [3.63, 3.8) is 0 Å². The van der Waals surface area contributed by atoms with Crippen LogP contribution in [-0.4, -0.2) is 59.0 Å². The van der Waals surface area contributed by atoms with Crippen molar-refractivity contribution < 1.29 is 14.7 Å². The number of amides is 1. The molecule has 2 heterocycles. The van der Waals surface area contributed by atoms with E-state index in [0.717, 1.165) is 45.4 Å². The quantitative estimate of drug-likeness (QED) is 0.817. The van der Waals surface area contributed by atoms with Crippen molar-refractivity contribution in [3.8, 4) is 0 Å². The Kier molecular flexibility index (Phi) is 5.19. The summed E-state index contributed by atoms with van der Waals surface area (Å²) in [7, 11) is 0. The summed E-state index contributed by atoms with van der Waals surface area (Å²) < 4.78 is 0. The van der Waals surface area contributed by atoms with Crippen LogP contribution in [0.1, 0.15) is 44.9 Å². The van der Waals surface area contributed by atoms with Crippen LogP contribution < -0.4 is 0 Å². The first-order chi connectivity index (χ1) is 9.16. The second-order valence-electron chi connectivity index (χ2n) is 5.63. The summed E-state index contributed by atoms with van der Waals surface area (Å²) in [6.45, 7) is 3.77. The number of nitrogens with zero attached hydrogens (tertiary/aromatic N) is 2. The molecule has 0 radical (unpaired) electrons. The second-order valence-corrected chi connectivity index (χ2v) is 5.63. The molecule has 0 aromatic rings. The molecule has 1 atom stereocenters. The molecule has 1 unspecified atom stereocenters. The molecule has 5 heteroatoms. The summed E-state index contributed by atoms with van der Waals surface area (Å²) in [6.07, 6.45) is 5.98. The highest BCUT2D eigenvalue weighted by molar-refractivity contribution is 5.78. The van der Waals surface area contributed by atoms with Gasteiger partial charge in [0.15, 0.2) is 0 Å². The van der Waals surface area contributed by atoms with Crippen LogP contribution >= 0.6 is 0 Å².